The van der Waals surface area contributed by atoms with Crippen molar-refractivity contribution in [3.63, 3.8) is 0 Å². The van der Waals surface area contributed by atoms with Crippen molar-refractivity contribution in [1.29, 1.82) is 0 Å². The number of benzene rings is 9. The molecule has 3 heteroatoms. The molecule has 3 nitrogen and oxygen atoms in total. The number of hydrogen-bond acceptors (Lipinski definition) is 2. The van der Waals surface area contributed by atoms with Crippen LogP contribution in [-0.2, 0) is 0 Å². The van der Waals surface area contributed by atoms with E-state index in [0.29, 0.717) is 0 Å². The van der Waals surface area contributed by atoms with Gasteiger partial charge in [0.15, 0.2) is 0 Å². The third-order valence-electron chi connectivity index (χ3n) is 12.3. The molecule has 0 spiro atoms. The van der Waals surface area contributed by atoms with Crippen molar-refractivity contribution in [3.05, 3.63) is 218 Å². The summed E-state index contributed by atoms with van der Waals surface area (Å²) in [7, 11) is 0. The Morgan fingerprint density at radius 1 is 0.424 bits per heavy atom. The molecule has 0 saturated heterocycles. The molecule has 12 rings (SSSR count). The Balaban J connectivity index is 1.03. The van der Waals surface area contributed by atoms with Crippen LogP contribution in [0.4, 0.5) is 11.4 Å². The van der Waals surface area contributed by atoms with Crippen molar-refractivity contribution in [3.8, 4) is 16.8 Å². The lowest BCUT2D eigenvalue weighted by atomic mass is 9.93. The van der Waals surface area contributed by atoms with Gasteiger partial charge < -0.3 is 13.9 Å². The highest BCUT2D eigenvalue weighted by molar-refractivity contribution is 6.11. The Bertz CT molecular complexity index is 3470. The number of furan rings is 1. The normalized spacial score (nSPS) is 13.2. The summed E-state index contributed by atoms with van der Waals surface area (Å²) in [6.45, 7) is 0. The van der Waals surface area contributed by atoms with Crippen molar-refractivity contribution in [2.75, 3.05) is 4.90 Å². The maximum Gasteiger partial charge on any atom is 0.142 e. The van der Waals surface area contributed by atoms with Crippen LogP contribution in [-0.4, -0.2) is 4.57 Å². The molecule has 0 N–H and O–H groups in total. The van der Waals surface area contributed by atoms with Gasteiger partial charge in [0.2, 0.25) is 0 Å². The van der Waals surface area contributed by atoms with Gasteiger partial charge in [0.05, 0.1) is 16.7 Å². The van der Waals surface area contributed by atoms with Gasteiger partial charge in [0.25, 0.3) is 0 Å². The fourth-order valence-electron chi connectivity index (χ4n) is 9.55. The van der Waals surface area contributed by atoms with E-state index >= 15 is 0 Å². The summed E-state index contributed by atoms with van der Waals surface area (Å²) in [6, 6.07) is 70.4. The van der Waals surface area contributed by atoms with Crippen molar-refractivity contribution in [2.24, 2.45) is 0 Å². The molecule has 0 saturated carbocycles. The number of rotatable bonds is 6. The Morgan fingerprint density at radius 3 is 1.86 bits per heavy atom. The van der Waals surface area contributed by atoms with Gasteiger partial charge >= 0.3 is 0 Å². The first-order chi connectivity index (χ1) is 29.3. The topological polar surface area (TPSA) is 21.3 Å². The lowest BCUT2D eigenvalue weighted by molar-refractivity contribution is 0.667. The van der Waals surface area contributed by atoms with Gasteiger partial charge in [-0.05, 0) is 100 Å². The van der Waals surface area contributed by atoms with Gasteiger partial charge in [-0.15, -0.1) is 0 Å². The second-order valence-electron chi connectivity index (χ2n) is 15.6. The third kappa shape index (κ3) is 5.43. The highest BCUT2D eigenvalue weighted by Gasteiger charge is 2.22. The van der Waals surface area contributed by atoms with Crippen LogP contribution in [0.1, 0.15) is 18.4 Å². The Hall–Kier alpha value is -7.62. The monoisotopic (exact) mass is 754 g/mol. The molecule has 0 aliphatic heterocycles. The standard InChI is InChI=1S/C56H38N2O/c1-2-16-44-37(13-1)27-28-39-31-34-43(36-51(39)44)57(41-32-29-38(30-33-41)46-21-12-22-50-49-20-6-10-26-55(49)59-56(46)50)42-15-11-14-40(35-42)45-17-3-7-23-52(45)58-53-24-8-4-18-47(53)48-19-5-9-25-54(48)58/h1-29,31-32,34-36H,30,33H2. The molecule has 0 bridgehead atoms. The van der Waals surface area contributed by atoms with Gasteiger partial charge in [-0.1, -0.05) is 152 Å². The molecule has 9 aromatic carbocycles. The van der Waals surface area contributed by atoms with E-state index in [0.717, 1.165) is 51.8 Å². The molecule has 59 heavy (non-hydrogen) atoms. The van der Waals surface area contributed by atoms with Gasteiger partial charge in [-0.3, -0.25) is 0 Å². The molecular weight excluding hydrogens is 717 g/mol. The lowest BCUT2D eigenvalue weighted by Crippen LogP contribution is -2.18. The molecule has 2 aromatic heterocycles. The van der Waals surface area contributed by atoms with E-state index in [9.17, 15) is 0 Å². The number of anilines is 2. The van der Waals surface area contributed by atoms with Gasteiger partial charge in [0, 0.05) is 49.7 Å². The zero-order valence-corrected chi connectivity index (χ0v) is 32.3. The molecule has 0 radical (unpaired) electrons. The maximum atomic E-state index is 6.49. The highest BCUT2D eigenvalue weighted by atomic mass is 16.3. The van der Waals surface area contributed by atoms with E-state index in [4.69, 9.17) is 4.42 Å². The second kappa shape index (κ2) is 13.5. The molecule has 1 aliphatic carbocycles. The molecule has 11 aromatic rings. The van der Waals surface area contributed by atoms with E-state index in [1.54, 1.807) is 0 Å². The van der Waals surface area contributed by atoms with Crippen LogP contribution in [0.3, 0.4) is 0 Å². The van der Waals surface area contributed by atoms with Crippen LogP contribution in [0.15, 0.2) is 216 Å². The number of para-hydroxylation sites is 5. The summed E-state index contributed by atoms with van der Waals surface area (Å²) in [6.07, 6.45) is 6.40. The predicted octanol–water partition coefficient (Wildman–Crippen LogP) is 15.6. The maximum absolute atomic E-state index is 6.49. The molecule has 2 heterocycles. The number of aromatic nitrogens is 1. The van der Waals surface area contributed by atoms with Crippen molar-refractivity contribution >= 4 is 82.2 Å². The fourth-order valence-corrected chi connectivity index (χ4v) is 9.55. The summed E-state index contributed by atoms with van der Waals surface area (Å²) >= 11 is 0. The van der Waals surface area contributed by atoms with Gasteiger partial charge in [-0.2, -0.15) is 0 Å². The number of nitrogens with zero attached hydrogens (tertiary/aromatic N) is 2. The molecule has 0 atom stereocenters. The van der Waals surface area contributed by atoms with Crippen LogP contribution >= 0.6 is 0 Å². The van der Waals surface area contributed by atoms with Crippen LogP contribution < -0.4 is 4.90 Å². The first-order valence-corrected chi connectivity index (χ1v) is 20.5. The molecule has 1 aliphatic rings. The minimum Gasteiger partial charge on any atom is -0.455 e. The number of allylic oxidation sites excluding steroid dienone is 4. The SMILES string of the molecule is C1=C(c2cccc3c2oc2ccccc23)CCC(N(c2cccc(-c3ccccc3-n3c4ccccc4c4ccccc43)c2)c2ccc3ccc4ccccc4c3c2)=C1. The second-order valence-corrected chi connectivity index (χ2v) is 15.6. The summed E-state index contributed by atoms with van der Waals surface area (Å²) in [5.41, 5.74) is 13.8. The van der Waals surface area contributed by atoms with Crippen LogP contribution in [0.25, 0.3) is 87.7 Å². The van der Waals surface area contributed by atoms with Crippen molar-refractivity contribution in [1.82, 2.24) is 4.57 Å². The lowest BCUT2D eigenvalue weighted by Gasteiger charge is -2.31. The van der Waals surface area contributed by atoms with Crippen LogP contribution in [0, 0.1) is 0 Å². The Kier molecular flexibility index (Phi) is 7.67. The zero-order valence-electron chi connectivity index (χ0n) is 32.3. The third-order valence-corrected chi connectivity index (χ3v) is 12.3. The van der Waals surface area contributed by atoms with Crippen LogP contribution in [0.5, 0.6) is 0 Å². The van der Waals surface area contributed by atoms with Crippen molar-refractivity contribution < 1.29 is 4.42 Å². The Morgan fingerprint density at radius 2 is 1.05 bits per heavy atom. The van der Waals surface area contributed by atoms with E-state index in [2.05, 4.69) is 210 Å². The smallest absolute Gasteiger partial charge is 0.142 e. The molecular formula is C56H38N2O. The quantitative estimate of drug-likeness (QED) is 0.158. The average molecular weight is 755 g/mol. The first-order valence-electron chi connectivity index (χ1n) is 20.5. The minimum absolute atomic E-state index is 0.873. The van der Waals surface area contributed by atoms with E-state index in [-0.39, 0.29) is 0 Å². The van der Waals surface area contributed by atoms with E-state index in [1.807, 2.05) is 6.07 Å². The van der Waals surface area contributed by atoms with E-state index in [1.165, 1.54) is 71.3 Å². The summed E-state index contributed by atoms with van der Waals surface area (Å²) in [5.74, 6) is 0. The molecule has 0 fully saturated rings. The fraction of sp³-hybridized carbons (Fsp3) is 0.0357. The number of fused-ring (bicyclic) bond motifs is 9. The van der Waals surface area contributed by atoms with Gasteiger partial charge in [0.1, 0.15) is 11.2 Å². The number of hydrogen-bond donors (Lipinski definition) is 0. The van der Waals surface area contributed by atoms with Gasteiger partial charge in [-0.25, -0.2) is 0 Å². The first kappa shape index (κ1) is 33.5. The Labute approximate surface area is 342 Å². The van der Waals surface area contributed by atoms with Crippen molar-refractivity contribution in [2.45, 2.75) is 12.8 Å². The summed E-state index contributed by atoms with van der Waals surface area (Å²) < 4.78 is 8.92. The zero-order chi connectivity index (χ0) is 38.9. The molecule has 0 amide bonds. The predicted molar refractivity (Wildman–Crippen MR) is 249 cm³/mol. The minimum atomic E-state index is 0.873. The summed E-state index contributed by atoms with van der Waals surface area (Å²) in [5, 5.41) is 9.84. The highest BCUT2D eigenvalue weighted by Crippen LogP contribution is 2.43. The largest absolute Gasteiger partial charge is 0.455 e. The van der Waals surface area contributed by atoms with E-state index < -0.39 is 0 Å². The molecule has 278 valence electrons. The average Bonchev–Trinajstić information content (AvgIpc) is 3.86. The summed E-state index contributed by atoms with van der Waals surface area (Å²) in [4.78, 5) is 2.48. The molecule has 0 unspecified atom stereocenters. The van der Waals surface area contributed by atoms with Crippen LogP contribution in [0.2, 0.25) is 0 Å².